The van der Waals surface area contributed by atoms with Crippen LogP contribution < -0.4 is 9.64 Å². The van der Waals surface area contributed by atoms with E-state index in [9.17, 15) is 0 Å². The number of fused-ring (bicyclic) bond motifs is 2. The van der Waals surface area contributed by atoms with E-state index in [-0.39, 0.29) is 0 Å². The fourth-order valence-electron chi connectivity index (χ4n) is 5.43. The molecule has 0 saturated carbocycles. The highest BCUT2D eigenvalue weighted by Gasteiger charge is 2.27. The second-order valence-corrected chi connectivity index (χ2v) is 9.56. The summed E-state index contributed by atoms with van der Waals surface area (Å²) in [5.41, 5.74) is 3.45. The average Bonchev–Trinajstić information content (AvgIpc) is 3.31. The van der Waals surface area contributed by atoms with Gasteiger partial charge in [-0.25, -0.2) is 13.9 Å². The molecule has 0 N–H and O–H groups in total. The highest BCUT2D eigenvalue weighted by Crippen LogP contribution is 2.35. The first-order chi connectivity index (χ1) is 17.1. The number of rotatable bonds is 4. The van der Waals surface area contributed by atoms with Crippen molar-refractivity contribution in [2.75, 3.05) is 58.3 Å². The van der Waals surface area contributed by atoms with Crippen molar-refractivity contribution in [3.05, 3.63) is 48.8 Å². The summed E-state index contributed by atoms with van der Waals surface area (Å²) in [6.07, 6.45) is 9.14. The molecule has 2 aliphatic rings. The van der Waals surface area contributed by atoms with Gasteiger partial charge in [0.15, 0.2) is 5.65 Å². The van der Waals surface area contributed by atoms with Gasteiger partial charge in [0.25, 0.3) is 0 Å². The van der Waals surface area contributed by atoms with Crippen LogP contribution in [-0.4, -0.2) is 88.8 Å². The Morgan fingerprint density at radius 2 is 1.77 bits per heavy atom. The Morgan fingerprint density at radius 1 is 0.971 bits per heavy atom. The van der Waals surface area contributed by atoms with Gasteiger partial charge in [0.1, 0.15) is 11.6 Å². The second-order valence-electron chi connectivity index (χ2n) is 9.56. The van der Waals surface area contributed by atoms with Crippen LogP contribution in [-0.2, 0) is 0 Å². The van der Waals surface area contributed by atoms with E-state index < -0.39 is 5.82 Å². The van der Waals surface area contributed by atoms with E-state index in [0.29, 0.717) is 39.5 Å². The second kappa shape index (κ2) is 9.05. The van der Waals surface area contributed by atoms with Gasteiger partial charge >= 0.3 is 0 Å². The topological polar surface area (TPSA) is 62.0 Å². The molecule has 9 heteroatoms. The Kier molecular flexibility index (Phi) is 5.74. The minimum atomic E-state index is -0.405. The lowest BCUT2D eigenvalue weighted by Crippen LogP contribution is -2.52. The lowest BCUT2D eigenvalue weighted by Gasteiger charge is -2.42. The predicted octanol–water partition coefficient (Wildman–Crippen LogP) is 3.31. The number of hydrogen-bond donors (Lipinski definition) is 0. The molecule has 0 radical (unpaired) electrons. The standard InChI is InChI=1S/C26H30FN7O/c1-31-9-11-33(12-10-31)18-5-7-32(8-6-18)19-14-29-26-22(15-30-34(26)17-19)25-21-13-20(35-2)3-4-24(21)28-16-23(25)27/h3-4,13-18H,5-12H2,1-2H3. The summed E-state index contributed by atoms with van der Waals surface area (Å²) in [6, 6.07) is 6.13. The maximum absolute atomic E-state index is 15.0. The molecule has 0 bridgehead atoms. The summed E-state index contributed by atoms with van der Waals surface area (Å²) in [5.74, 6) is 0.246. The number of methoxy groups -OCH3 is 1. The average molecular weight is 476 g/mol. The first-order valence-corrected chi connectivity index (χ1v) is 12.2. The molecule has 6 rings (SSSR count). The minimum Gasteiger partial charge on any atom is -0.497 e. The van der Waals surface area contributed by atoms with E-state index in [0.717, 1.165) is 57.8 Å². The SMILES string of the molecule is COc1ccc2ncc(F)c(-c3cnn4cc(N5CCC(N6CCN(C)CC6)CC5)cnc34)c2c1. The summed E-state index contributed by atoms with van der Waals surface area (Å²) >= 11 is 0. The quantitative estimate of drug-likeness (QED) is 0.449. The number of ether oxygens (including phenoxy) is 1. The van der Waals surface area contributed by atoms with Gasteiger partial charge in [0, 0.05) is 56.3 Å². The molecule has 8 nitrogen and oxygen atoms in total. The molecular weight excluding hydrogens is 445 g/mol. The molecule has 35 heavy (non-hydrogen) atoms. The first-order valence-electron chi connectivity index (χ1n) is 12.2. The van der Waals surface area contributed by atoms with Crippen molar-refractivity contribution < 1.29 is 9.13 Å². The van der Waals surface area contributed by atoms with Crippen LogP contribution in [0.4, 0.5) is 10.1 Å². The maximum atomic E-state index is 15.0. The number of aromatic nitrogens is 4. The number of benzene rings is 1. The van der Waals surface area contributed by atoms with E-state index in [2.05, 4.69) is 31.8 Å². The molecule has 2 aliphatic heterocycles. The Labute approximate surface area is 203 Å². The third-order valence-electron chi connectivity index (χ3n) is 7.52. The summed E-state index contributed by atoms with van der Waals surface area (Å²) in [7, 11) is 3.80. The fourth-order valence-corrected chi connectivity index (χ4v) is 5.43. The molecule has 2 saturated heterocycles. The van der Waals surface area contributed by atoms with E-state index >= 15 is 4.39 Å². The monoisotopic (exact) mass is 475 g/mol. The molecule has 0 aliphatic carbocycles. The van der Waals surface area contributed by atoms with E-state index in [1.165, 1.54) is 6.20 Å². The number of likely N-dealkylation sites (N-methyl/N-ethyl adjacent to an activating group) is 1. The number of nitrogens with zero attached hydrogens (tertiary/aromatic N) is 7. The van der Waals surface area contributed by atoms with Crippen molar-refractivity contribution in [3.63, 3.8) is 0 Å². The van der Waals surface area contributed by atoms with Gasteiger partial charge in [-0.1, -0.05) is 0 Å². The molecular formula is C26H30FN7O. The van der Waals surface area contributed by atoms with Gasteiger partial charge in [-0.3, -0.25) is 9.88 Å². The highest BCUT2D eigenvalue weighted by molar-refractivity contribution is 5.98. The van der Waals surface area contributed by atoms with Crippen LogP contribution in [0.2, 0.25) is 0 Å². The van der Waals surface area contributed by atoms with Crippen LogP contribution in [0.15, 0.2) is 43.0 Å². The first kappa shape index (κ1) is 22.2. The van der Waals surface area contributed by atoms with Gasteiger partial charge in [-0.15, -0.1) is 0 Å². The van der Waals surface area contributed by atoms with E-state index in [1.807, 2.05) is 30.6 Å². The van der Waals surface area contributed by atoms with Crippen molar-refractivity contribution in [2.45, 2.75) is 18.9 Å². The van der Waals surface area contributed by atoms with Gasteiger partial charge in [-0.05, 0) is 38.1 Å². The molecule has 4 aromatic rings. The lowest BCUT2D eigenvalue weighted by molar-refractivity contribution is 0.0982. The third-order valence-corrected chi connectivity index (χ3v) is 7.52. The summed E-state index contributed by atoms with van der Waals surface area (Å²) in [4.78, 5) is 16.4. The zero-order chi connectivity index (χ0) is 23.9. The van der Waals surface area contributed by atoms with Crippen LogP contribution in [0, 0.1) is 5.82 Å². The number of piperidine rings is 1. The molecule has 0 spiro atoms. The smallest absolute Gasteiger partial charge is 0.163 e. The predicted molar refractivity (Wildman–Crippen MR) is 135 cm³/mol. The zero-order valence-electron chi connectivity index (χ0n) is 20.2. The molecule has 0 atom stereocenters. The third kappa shape index (κ3) is 4.08. The van der Waals surface area contributed by atoms with Crippen LogP contribution in [0.25, 0.3) is 27.7 Å². The fraction of sp³-hybridized carbons (Fsp3) is 0.423. The Hall–Kier alpha value is -3.30. The van der Waals surface area contributed by atoms with Crippen molar-refractivity contribution in [1.82, 2.24) is 29.4 Å². The molecule has 182 valence electrons. The van der Waals surface area contributed by atoms with Crippen molar-refractivity contribution >= 4 is 22.2 Å². The maximum Gasteiger partial charge on any atom is 0.163 e. The van der Waals surface area contributed by atoms with Crippen LogP contribution >= 0.6 is 0 Å². The normalized spacial score (nSPS) is 18.5. The number of hydrogen-bond acceptors (Lipinski definition) is 7. The number of pyridine rings is 1. The van der Waals surface area contributed by atoms with Crippen LogP contribution in [0.1, 0.15) is 12.8 Å². The van der Waals surface area contributed by atoms with Gasteiger partial charge < -0.3 is 14.5 Å². The Bertz CT molecular complexity index is 1360. The Morgan fingerprint density at radius 3 is 2.54 bits per heavy atom. The van der Waals surface area contributed by atoms with Crippen LogP contribution in [0.5, 0.6) is 5.75 Å². The van der Waals surface area contributed by atoms with Gasteiger partial charge in [-0.2, -0.15) is 5.10 Å². The Balaban J connectivity index is 1.26. The highest BCUT2D eigenvalue weighted by atomic mass is 19.1. The summed E-state index contributed by atoms with van der Waals surface area (Å²) in [6.45, 7) is 6.64. The zero-order valence-corrected chi connectivity index (χ0v) is 20.2. The lowest BCUT2D eigenvalue weighted by atomic mass is 10.0. The molecule has 0 unspecified atom stereocenters. The van der Waals surface area contributed by atoms with Gasteiger partial charge in [0.2, 0.25) is 0 Å². The number of piperazine rings is 1. The van der Waals surface area contributed by atoms with Gasteiger partial charge in [0.05, 0.1) is 48.7 Å². The number of anilines is 1. The van der Waals surface area contributed by atoms with Crippen LogP contribution in [0.3, 0.4) is 0 Å². The summed E-state index contributed by atoms with van der Waals surface area (Å²) < 4.78 is 22.2. The molecule has 1 aromatic carbocycles. The molecule has 0 amide bonds. The largest absolute Gasteiger partial charge is 0.497 e. The van der Waals surface area contributed by atoms with Crippen molar-refractivity contribution in [2.24, 2.45) is 0 Å². The molecule has 3 aromatic heterocycles. The number of halogens is 1. The molecule has 5 heterocycles. The minimum absolute atomic E-state index is 0.405. The molecule has 2 fully saturated rings. The van der Waals surface area contributed by atoms with E-state index in [4.69, 9.17) is 9.72 Å². The summed E-state index contributed by atoms with van der Waals surface area (Å²) in [5, 5.41) is 5.21. The van der Waals surface area contributed by atoms with Crippen molar-refractivity contribution in [3.8, 4) is 16.9 Å². The van der Waals surface area contributed by atoms with E-state index in [1.54, 1.807) is 17.8 Å². The van der Waals surface area contributed by atoms with Crippen molar-refractivity contribution in [1.29, 1.82) is 0 Å².